The highest BCUT2D eigenvalue weighted by Crippen LogP contribution is 2.23. The Kier molecular flexibility index (Phi) is 5.81. The number of nitro benzene ring substituents is 1. The average molecular weight is 363 g/mol. The quantitative estimate of drug-likeness (QED) is 0.480. The second-order valence-corrected chi connectivity index (χ2v) is 6.17. The Balaban J connectivity index is 2.32. The molecule has 2 rings (SSSR count). The van der Waals surface area contributed by atoms with E-state index >= 15 is 0 Å². The number of aromatic nitrogens is 1. The standard InChI is InChI=1S/C16H17N3O5S/c1-4-13(15-17-9(2)8-25-15)18-14(20)10-5-11(16(21)24-3)7-12(6-10)19(22)23/h5-8,13H,4H2,1-3H3,(H,18,20). The number of methoxy groups -OCH3 is 1. The smallest absolute Gasteiger partial charge is 0.338 e. The number of benzene rings is 1. The summed E-state index contributed by atoms with van der Waals surface area (Å²) in [7, 11) is 1.17. The number of carbonyl (C=O) groups is 2. The first-order chi connectivity index (χ1) is 11.8. The predicted octanol–water partition coefficient (Wildman–Crippen LogP) is 3.03. The Bertz CT molecular complexity index is 818. The lowest BCUT2D eigenvalue weighted by Gasteiger charge is -2.14. The molecule has 0 bridgehead atoms. The molecule has 1 amide bonds. The number of nitro groups is 1. The van der Waals surface area contributed by atoms with Gasteiger partial charge in [0.05, 0.1) is 23.6 Å². The maximum Gasteiger partial charge on any atom is 0.338 e. The van der Waals surface area contributed by atoms with E-state index in [1.54, 1.807) is 0 Å². The molecule has 1 atom stereocenters. The zero-order valence-corrected chi connectivity index (χ0v) is 14.8. The van der Waals surface area contributed by atoms with Crippen molar-refractivity contribution in [3.63, 3.8) is 0 Å². The molecule has 1 unspecified atom stereocenters. The van der Waals surface area contributed by atoms with E-state index in [0.29, 0.717) is 6.42 Å². The van der Waals surface area contributed by atoms with Gasteiger partial charge in [-0.1, -0.05) is 6.92 Å². The van der Waals surface area contributed by atoms with Crippen molar-refractivity contribution in [2.75, 3.05) is 7.11 Å². The van der Waals surface area contributed by atoms with E-state index in [0.717, 1.165) is 22.8 Å². The number of non-ortho nitro benzene ring substituents is 1. The molecule has 25 heavy (non-hydrogen) atoms. The molecule has 0 saturated heterocycles. The van der Waals surface area contributed by atoms with Gasteiger partial charge in [-0.25, -0.2) is 9.78 Å². The van der Waals surface area contributed by atoms with E-state index in [-0.39, 0.29) is 22.9 Å². The molecule has 1 heterocycles. The highest BCUT2D eigenvalue weighted by Gasteiger charge is 2.21. The number of rotatable bonds is 6. The SMILES string of the molecule is CCC(NC(=O)c1cc(C(=O)OC)cc([N+](=O)[O-])c1)c1nc(C)cs1. The van der Waals surface area contributed by atoms with Gasteiger partial charge in [0.2, 0.25) is 0 Å². The average Bonchev–Trinajstić information content (AvgIpc) is 3.04. The zero-order chi connectivity index (χ0) is 18.6. The van der Waals surface area contributed by atoms with Crippen LogP contribution in [-0.2, 0) is 4.74 Å². The first-order valence-corrected chi connectivity index (χ1v) is 8.34. The van der Waals surface area contributed by atoms with Gasteiger partial charge < -0.3 is 10.1 Å². The second-order valence-electron chi connectivity index (χ2n) is 5.28. The maximum atomic E-state index is 12.5. The van der Waals surface area contributed by atoms with Crippen molar-refractivity contribution in [1.29, 1.82) is 0 Å². The molecule has 0 saturated carbocycles. The molecule has 0 aliphatic rings. The third-order valence-corrected chi connectivity index (χ3v) is 4.54. The van der Waals surface area contributed by atoms with Crippen LogP contribution in [0.1, 0.15) is 50.8 Å². The third kappa shape index (κ3) is 4.38. The Morgan fingerprint density at radius 1 is 1.36 bits per heavy atom. The van der Waals surface area contributed by atoms with Gasteiger partial charge in [-0.15, -0.1) is 11.3 Å². The Labute approximate surface area is 148 Å². The van der Waals surface area contributed by atoms with Crippen LogP contribution in [0.3, 0.4) is 0 Å². The summed E-state index contributed by atoms with van der Waals surface area (Å²) in [5.41, 5.74) is 0.462. The first-order valence-electron chi connectivity index (χ1n) is 7.46. The lowest BCUT2D eigenvalue weighted by molar-refractivity contribution is -0.384. The van der Waals surface area contributed by atoms with Crippen LogP contribution in [0, 0.1) is 17.0 Å². The molecule has 9 heteroatoms. The van der Waals surface area contributed by atoms with Gasteiger partial charge in [0.25, 0.3) is 11.6 Å². The van der Waals surface area contributed by atoms with Crippen molar-refractivity contribution < 1.29 is 19.2 Å². The maximum absolute atomic E-state index is 12.5. The topological polar surface area (TPSA) is 111 Å². The number of carbonyl (C=O) groups excluding carboxylic acids is 2. The number of ether oxygens (including phenoxy) is 1. The van der Waals surface area contributed by atoms with Crippen LogP contribution < -0.4 is 5.32 Å². The molecule has 0 spiro atoms. The summed E-state index contributed by atoms with van der Waals surface area (Å²) in [6.45, 7) is 3.76. The van der Waals surface area contributed by atoms with E-state index in [1.807, 2.05) is 19.2 Å². The largest absolute Gasteiger partial charge is 0.465 e. The van der Waals surface area contributed by atoms with E-state index in [4.69, 9.17) is 0 Å². The van der Waals surface area contributed by atoms with Crippen molar-refractivity contribution in [1.82, 2.24) is 10.3 Å². The summed E-state index contributed by atoms with van der Waals surface area (Å²) < 4.78 is 4.58. The van der Waals surface area contributed by atoms with Gasteiger partial charge in [-0.3, -0.25) is 14.9 Å². The van der Waals surface area contributed by atoms with Gasteiger partial charge >= 0.3 is 5.97 Å². The fourth-order valence-corrected chi connectivity index (χ4v) is 3.13. The van der Waals surface area contributed by atoms with Crippen molar-refractivity contribution >= 4 is 28.9 Å². The minimum atomic E-state index is -0.750. The summed E-state index contributed by atoms with van der Waals surface area (Å²) >= 11 is 1.43. The summed E-state index contributed by atoms with van der Waals surface area (Å²) in [6.07, 6.45) is 0.609. The number of nitrogens with one attached hydrogen (secondary N) is 1. The number of hydrogen-bond donors (Lipinski definition) is 1. The predicted molar refractivity (Wildman–Crippen MR) is 91.8 cm³/mol. The Hall–Kier alpha value is -2.81. The lowest BCUT2D eigenvalue weighted by atomic mass is 10.1. The molecular formula is C16H17N3O5S. The molecule has 1 aromatic heterocycles. The highest BCUT2D eigenvalue weighted by molar-refractivity contribution is 7.09. The number of amides is 1. The van der Waals surface area contributed by atoms with Crippen molar-refractivity contribution in [3.05, 3.63) is 55.5 Å². The van der Waals surface area contributed by atoms with Crippen molar-refractivity contribution in [2.24, 2.45) is 0 Å². The molecule has 1 N–H and O–H groups in total. The van der Waals surface area contributed by atoms with E-state index in [9.17, 15) is 19.7 Å². The van der Waals surface area contributed by atoms with E-state index in [2.05, 4.69) is 15.0 Å². The zero-order valence-electron chi connectivity index (χ0n) is 13.9. The fraction of sp³-hybridized carbons (Fsp3) is 0.312. The summed E-state index contributed by atoms with van der Waals surface area (Å²) in [4.78, 5) is 39.0. The van der Waals surface area contributed by atoms with Crippen LogP contribution in [-0.4, -0.2) is 28.9 Å². The molecule has 1 aromatic carbocycles. The lowest BCUT2D eigenvalue weighted by Crippen LogP contribution is -2.28. The third-order valence-electron chi connectivity index (χ3n) is 3.46. The monoisotopic (exact) mass is 363 g/mol. The molecule has 0 fully saturated rings. The molecule has 2 aromatic rings. The molecule has 8 nitrogen and oxygen atoms in total. The first kappa shape index (κ1) is 18.5. The summed E-state index contributed by atoms with van der Waals surface area (Å²) in [5.74, 6) is -1.27. The van der Waals surface area contributed by atoms with Gasteiger partial charge in [-0.05, 0) is 19.4 Å². The van der Waals surface area contributed by atoms with Crippen molar-refractivity contribution in [3.8, 4) is 0 Å². The van der Waals surface area contributed by atoms with Crippen LogP contribution in [0.4, 0.5) is 5.69 Å². The minimum Gasteiger partial charge on any atom is -0.465 e. The van der Waals surface area contributed by atoms with E-state index in [1.165, 1.54) is 24.5 Å². The van der Waals surface area contributed by atoms with Gasteiger partial charge in [0, 0.05) is 28.8 Å². The molecule has 132 valence electrons. The minimum absolute atomic E-state index is 0.0151. The van der Waals surface area contributed by atoms with Crippen LogP contribution >= 0.6 is 11.3 Å². The van der Waals surface area contributed by atoms with E-state index < -0.39 is 16.8 Å². The fourth-order valence-electron chi connectivity index (χ4n) is 2.20. The van der Waals surface area contributed by atoms with Crippen LogP contribution in [0.25, 0.3) is 0 Å². The molecule has 0 aliphatic carbocycles. The number of hydrogen-bond acceptors (Lipinski definition) is 7. The molecule has 0 aliphatic heterocycles. The van der Waals surface area contributed by atoms with Gasteiger partial charge in [0.15, 0.2) is 0 Å². The number of nitrogens with zero attached hydrogens (tertiary/aromatic N) is 2. The number of aryl methyl sites for hydroxylation is 1. The van der Waals surface area contributed by atoms with Crippen molar-refractivity contribution in [2.45, 2.75) is 26.3 Å². The van der Waals surface area contributed by atoms with Crippen LogP contribution in [0.15, 0.2) is 23.6 Å². The van der Waals surface area contributed by atoms with Crippen LogP contribution in [0.2, 0.25) is 0 Å². The highest BCUT2D eigenvalue weighted by atomic mass is 32.1. The summed E-state index contributed by atoms with van der Waals surface area (Å²) in [6, 6.07) is 3.16. The summed E-state index contributed by atoms with van der Waals surface area (Å²) in [5, 5.41) is 16.5. The number of thiazole rings is 1. The Morgan fingerprint density at radius 3 is 2.56 bits per heavy atom. The normalized spacial score (nSPS) is 11.6. The van der Waals surface area contributed by atoms with Gasteiger partial charge in [0.1, 0.15) is 5.01 Å². The Morgan fingerprint density at radius 2 is 2.04 bits per heavy atom. The molecule has 0 radical (unpaired) electrons. The van der Waals surface area contributed by atoms with Crippen LogP contribution in [0.5, 0.6) is 0 Å². The second kappa shape index (κ2) is 7.84. The molecular weight excluding hydrogens is 346 g/mol. The van der Waals surface area contributed by atoms with Gasteiger partial charge in [-0.2, -0.15) is 0 Å². The number of esters is 1.